The summed E-state index contributed by atoms with van der Waals surface area (Å²) >= 11 is 14.3. The Hall–Kier alpha value is -0.980. The van der Waals surface area contributed by atoms with E-state index in [0.717, 1.165) is 22.4 Å². The van der Waals surface area contributed by atoms with Gasteiger partial charge in [0.1, 0.15) is 6.17 Å². The highest BCUT2D eigenvalue weighted by molar-refractivity contribution is 9.09. The van der Waals surface area contributed by atoms with Crippen LogP contribution in [0.2, 0.25) is 10.0 Å². The average molecular weight is 467 g/mol. The van der Waals surface area contributed by atoms with E-state index in [0.29, 0.717) is 23.4 Å². The van der Waals surface area contributed by atoms with Crippen LogP contribution in [0.1, 0.15) is 17.5 Å². The summed E-state index contributed by atoms with van der Waals surface area (Å²) in [6.45, 7) is 0.730. The van der Waals surface area contributed by atoms with E-state index in [1.807, 2.05) is 24.3 Å². The van der Waals surface area contributed by atoms with Crippen LogP contribution in [-0.2, 0) is 18.0 Å². The molecule has 1 unspecified atom stereocenters. The summed E-state index contributed by atoms with van der Waals surface area (Å²) in [5.41, 5.74) is 2.03. The lowest BCUT2D eigenvalue weighted by Gasteiger charge is -1.97. The molecule has 0 radical (unpaired) electrons. The van der Waals surface area contributed by atoms with Gasteiger partial charge in [0.2, 0.25) is 0 Å². The Morgan fingerprint density at radius 3 is 1.85 bits per heavy atom. The number of aliphatic hydroxyl groups excluding tert-OH is 1. The molecular weight excluding hydrogens is 444 g/mol. The number of methoxy groups -OCH3 is 1. The van der Waals surface area contributed by atoms with Crippen LogP contribution < -0.4 is 0 Å². The van der Waals surface area contributed by atoms with Crippen LogP contribution in [0.5, 0.6) is 0 Å². The van der Waals surface area contributed by atoms with Crippen molar-refractivity contribution < 1.29 is 14.2 Å². The Labute approximate surface area is 172 Å². The van der Waals surface area contributed by atoms with E-state index in [2.05, 4.69) is 15.9 Å². The summed E-state index contributed by atoms with van der Waals surface area (Å²) in [5.74, 6) is 0. The van der Waals surface area contributed by atoms with Crippen molar-refractivity contribution in [2.75, 3.05) is 12.4 Å². The van der Waals surface area contributed by atoms with Crippen molar-refractivity contribution in [3.8, 4) is 0 Å². The van der Waals surface area contributed by atoms with E-state index in [1.165, 1.54) is 0 Å². The molecule has 0 spiro atoms. The molecule has 0 aliphatic heterocycles. The molecule has 0 saturated heterocycles. The quantitative estimate of drug-likeness (QED) is 0.400. The summed E-state index contributed by atoms with van der Waals surface area (Å²) in [7, 11) is 1.68. The first-order valence-corrected chi connectivity index (χ1v) is 9.63. The summed E-state index contributed by atoms with van der Waals surface area (Å²) in [5, 5.41) is 17.1. The first-order valence-electron chi connectivity index (χ1n) is 7.76. The van der Waals surface area contributed by atoms with Crippen molar-refractivity contribution in [3.05, 3.63) is 69.7 Å². The molecule has 0 heterocycles. The summed E-state index contributed by atoms with van der Waals surface area (Å²) < 4.78 is 16.8. The second-order valence-electron chi connectivity index (χ2n) is 5.00. The smallest absolute Gasteiger partial charge is 0.135 e. The van der Waals surface area contributed by atoms with Gasteiger partial charge in [0, 0.05) is 28.7 Å². The van der Waals surface area contributed by atoms with Gasteiger partial charge < -0.3 is 15.3 Å². The molecule has 2 rings (SSSR count). The van der Waals surface area contributed by atoms with Gasteiger partial charge in [-0.15, -0.1) is 0 Å². The van der Waals surface area contributed by atoms with Crippen LogP contribution in [0.15, 0.2) is 48.5 Å². The third-order valence-corrected chi connectivity index (χ3v) is 3.85. The van der Waals surface area contributed by atoms with Crippen LogP contribution in [0.4, 0.5) is 4.39 Å². The molecule has 2 N–H and O–H groups in total. The molecule has 0 aromatic heterocycles. The first kappa shape index (κ1) is 25.0. The fourth-order valence-electron chi connectivity index (χ4n) is 1.52. The summed E-state index contributed by atoms with van der Waals surface area (Å²) in [4.78, 5) is 0. The number of ether oxygens (including phenoxy) is 1. The normalized spacial score (nSPS) is 10.7. The van der Waals surface area contributed by atoms with Crippen LogP contribution >= 0.6 is 39.1 Å². The Kier molecular flexibility index (Phi) is 15.6. The predicted octanol–water partition coefficient (Wildman–Crippen LogP) is 6.08. The van der Waals surface area contributed by atoms with Crippen molar-refractivity contribution in [1.82, 2.24) is 0 Å². The molecule has 2 aromatic rings. The maximum atomic E-state index is 11.9. The van der Waals surface area contributed by atoms with Crippen molar-refractivity contribution >= 4 is 45.3 Å². The lowest BCUT2D eigenvalue weighted by Crippen LogP contribution is -1.99. The second-order valence-corrected chi connectivity index (χ2v) is 6.67. The van der Waals surface area contributed by atoms with E-state index in [9.17, 15) is 4.39 Å². The molecule has 0 aliphatic carbocycles. The zero-order valence-electron chi connectivity index (χ0n) is 14.5. The molecular formula is C19H23BrCl2FNO2. The minimum atomic E-state index is -1.06. The van der Waals surface area contributed by atoms with Gasteiger partial charge in [-0.1, -0.05) is 63.4 Å². The number of benzene rings is 2. The Bertz CT molecular complexity index is 597. The molecule has 0 aliphatic rings. The highest BCUT2D eigenvalue weighted by Gasteiger charge is 1.96. The third kappa shape index (κ3) is 13.3. The minimum absolute atomic E-state index is 0.0805. The number of aliphatic hydroxyl groups is 1. The lowest BCUT2D eigenvalue weighted by atomic mass is 10.2. The maximum Gasteiger partial charge on any atom is 0.135 e. The van der Waals surface area contributed by atoms with E-state index in [1.54, 1.807) is 31.4 Å². The molecule has 2 aromatic carbocycles. The summed E-state index contributed by atoms with van der Waals surface area (Å²) in [6.07, 6.45) is 0.157. The van der Waals surface area contributed by atoms with E-state index >= 15 is 0 Å². The Morgan fingerprint density at radius 2 is 1.54 bits per heavy atom. The molecule has 1 atom stereocenters. The van der Waals surface area contributed by atoms with Crippen molar-refractivity contribution in [1.29, 1.82) is 5.41 Å². The van der Waals surface area contributed by atoms with E-state index in [-0.39, 0.29) is 6.61 Å². The maximum absolute atomic E-state index is 11.9. The Balaban J connectivity index is 0.000000368. The van der Waals surface area contributed by atoms with Gasteiger partial charge in [-0.2, -0.15) is 0 Å². The fourth-order valence-corrected chi connectivity index (χ4v) is 2.21. The van der Waals surface area contributed by atoms with Crippen molar-refractivity contribution in [2.24, 2.45) is 0 Å². The molecule has 26 heavy (non-hydrogen) atoms. The predicted molar refractivity (Wildman–Crippen MR) is 112 cm³/mol. The number of hydrogen-bond donors (Lipinski definition) is 2. The third-order valence-electron chi connectivity index (χ3n) is 2.89. The number of rotatable bonds is 6. The molecule has 0 bridgehead atoms. The fraction of sp³-hybridized carbons (Fsp3) is 0.316. The zero-order chi connectivity index (χ0) is 19.8. The van der Waals surface area contributed by atoms with Crippen molar-refractivity contribution in [2.45, 2.75) is 25.8 Å². The van der Waals surface area contributed by atoms with Crippen LogP contribution in [-0.4, -0.2) is 29.9 Å². The number of halogens is 4. The molecule has 0 amide bonds. The van der Waals surface area contributed by atoms with E-state index < -0.39 is 6.17 Å². The van der Waals surface area contributed by atoms with Gasteiger partial charge in [0.25, 0.3) is 0 Å². The van der Waals surface area contributed by atoms with Crippen LogP contribution in [0.3, 0.4) is 0 Å². The SMILES string of the molecule is COCc1ccc(Cl)cc1.N=CC(F)CCBr.OCc1ccc(Cl)cc1. The van der Waals surface area contributed by atoms with Crippen LogP contribution in [0.25, 0.3) is 0 Å². The second kappa shape index (κ2) is 16.2. The van der Waals surface area contributed by atoms with E-state index in [4.69, 9.17) is 38.5 Å². The highest BCUT2D eigenvalue weighted by atomic mass is 79.9. The molecule has 3 nitrogen and oxygen atoms in total. The minimum Gasteiger partial charge on any atom is -0.392 e. The average Bonchev–Trinajstić information content (AvgIpc) is 2.66. The van der Waals surface area contributed by atoms with Crippen LogP contribution in [0, 0.1) is 5.41 Å². The zero-order valence-corrected chi connectivity index (χ0v) is 17.6. The standard InChI is InChI=1S/C8H9ClO.C7H7ClO.C4H7BrFN/c1-10-6-7-2-4-8(9)5-3-7;8-7-3-1-6(5-9)2-4-7;5-2-1-4(6)3-7/h2-5H,6H2,1H3;1-4,9H,5H2;3-4,7H,1-2H2. The number of alkyl halides is 2. The topological polar surface area (TPSA) is 53.3 Å². The number of hydrogen-bond acceptors (Lipinski definition) is 3. The molecule has 0 fully saturated rings. The molecule has 144 valence electrons. The van der Waals surface area contributed by atoms with Gasteiger partial charge in [0.05, 0.1) is 13.2 Å². The van der Waals surface area contributed by atoms with Gasteiger partial charge >= 0.3 is 0 Å². The monoisotopic (exact) mass is 465 g/mol. The van der Waals surface area contributed by atoms with Gasteiger partial charge in [-0.3, -0.25) is 0 Å². The van der Waals surface area contributed by atoms with Gasteiger partial charge in [0.15, 0.2) is 0 Å². The molecule has 0 saturated carbocycles. The summed E-state index contributed by atoms with van der Waals surface area (Å²) in [6, 6.07) is 14.7. The Morgan fingerprint density at radius 1 is 1.08 bits per heavy atom. The van der Waals surface area contributed by atoms with Crippen molar-refractivity contribution in [3.63, 3.8) is 0 Å². The lowest BCUT2D eigenvalue weighted by molar-refractivity contribution is 0.185. The largest absolute Gasteiger partial charge is 0.392 e. The number of nitrogens with one attached hydrogen (secondary N) is 1. The van der Waals surface area contributed by atoms with Gasteiger partial charge in [-0.25, -0.2) is 4.39 Å². The molecule has 7 heteroatoms. The van der Waals surface area contributed by atoms with Gasteiger partial charge in [-0.05, 0) is 41.8 Å². The highest BCUT2D eigenvalue weighted by Crippen LogP contribution is 2.10. The first-order chi connectivity index (χ1) is 12.5.